The van der Waals surface area contributed by atoms with Gasteiger partial charge in [0, 0.05) is 11.3 Å². The number of methoxy groups -OCH3 is 1. The quantitative estimate of drug-likeness (QED) is 0.766. The zero-order valence-corrected chi connectivity index (χ0v) is 11.5. The zero-order chi connectivity index (χ0) is 14.4. The normalized spacial score (nSPS) is 11.7. The predicted molar refractivity (Wildman–Crippen MR) is 69.2 cm³/mol. The molecule has 0 saturated heterocycles. The third-order valence-corrected chi connectivity index (χ3v) is 3.43. The molecular weight excluding hydrogens is 270 g/mol. The van der Waals surface area contributed by atoms with Crippen molar-refractivity contribution in [2.45, 2.75) is 25.8 Å². The van der Waals surface area contributed by atoms with E-state index in [1.807, 2.05) is 6.92 Å². The summed E-state index contributed by atoms with van der Waals surface area (Å²) in [6, 6.07) is 2.31. The predicted octanol–water partition coefficient (Wildman–Crippen LogP) is 1.19. The number of nitrogens with one attached hydrogen (secondary N) is 1. The Labute approximate surface area is 114 Å². The molecule has 104 valence electrons. The fourth-order valence-electron chi connectivity index (χ4n) is 1.41. The molecule has 0 unspecified atom stereocenters. The van der Waals surface area contributed by atoms with Gasteiger partial charge in [0.1, 0.15) is 6.04 Å². The summed E-state index contributed by atoms with van der Waals surface area (Å²) in [6.45, 7) is 1.85. The Balaban J connectivity index is 2.61. The molecule has 0 saturated carbocycles. The van der Waals surface area contributed by atoms with E-state index in [1.54, 1.807) is 12.1 Å². The van der Waals surface area contributed by atoms with Crippen LogP contribution in [-0.2, 0) is 14.3 Å². The van der Waals surface area contributed by atoms with Crippen molar-refractivity contribution in [3.05, 3.63) is 21.9 Å². The van der Waals surface area contributed by atoms with Gasteiger partial charge in [0.15, 0.2) is 0 Å². The van der Waals surface area contributed by atoms with E-state index in [4.69, 9.17) is 5.11 Å². The Kier molecular flexibility index (Phi) is 5.50. The standard InChI is InChI=1S/C12H15NO5S/c1-7-3-5-9(19-7)11(15)13-8(12(16)17)4-6-10(14)18-2/h3,5,8H,4,6H2,1-2H3,(H,13,15)(H,16,17)/t8-/m0/s1. The summed E-state index contributed by atoms with van der Waals surface area (Å²) in [5, 5.41) is 11.4. The zero-order valence-electron chi connectivity index (χ0n) is 10.6. The van der Waals surface area contributed by atoms with E-state index < -0.39 is 23.9 Å². The van der Waals surface area contributed by atoms with Gasteiger partial charge in [0.25, 0.3) is 5.91 Å². The van der Waals surface area contributed by atoms with Gasteiger partial charge in [-0.25, -0.2) is 4.79 Å². The summed E-state index contributed by atoms with van der Waals surface area (Å²) in [5.41, 5.74) is 0. The van der Waals surface area contributed by atoms with E-state index in [0.717, 1.165) is 4.88 Å². The summed E-state index contributed by atoms with van der Waals surface area (Å²) in [7, 11) is 1.23. The van der Waals surface area contributed by atoms with E-state index in [-0.39, 0.29) is 12.8 Å². The molecule has 1 atom stereocenters. The second-order valence-electron chi connectivity index (χ2n) is 3.89. The second-order valence-corrected chi connectivity index (χ2v) is 5.18. The van der Waals surface area contributed by atoms with Crippen LogP contribution in [0.5, 0.6) is 0 Å². The average Bonchev–Trinajstić information content (AvgIpc) is 2.80. The molecule has 1 rings (SSSR count). The summed E-state index contributed by atoms with van der Waals surface area (Å²) in [4.78, 5) is 35.2. The van der Waals surface area contributed by atoms with Crippen molar-refractivity contribution in [1.82, 2.24) is 5.32 Å². The number of thiophene rings is 1. The number of aliphatic carboxylic acids is 1. The number of hydrogen-bond donors (Lipinski definition) is 2. The molecule has 19 heavy (non-hydrogen) atoms. The van der Waals surface area contributed by atoms with Crippen LogP contribution in [0.15, 0.2) is 12.1 Å². The van der Waals surface area contributed by atoms with Gasteiger partial charge in [-0.05, 0) is 25.5 Å². The first-order valence-corrected chi connectivity index (χ1v) is 6.42. The van der Waals surface area contributed by atoms with Crippen LogP contribution in [0.3, 0.4) is 0 Å². The van der Waals surface area contributed by atoms with Crippen molar-refractivity contribution in [3.8, 4) is 0 Å². The lowest BCUT2D eigenvalue weighted by atomic mass is 10.1. The Morgan fingerprint density at radius 2 is 2.11 bits per heavy atom. The number of carbonyl (C=O) groups excluding carboxylic acids is 2. The molecule has 0 bridgehead atoms. The minimum absolute atomic E-state index is 0.00188. The van der Waals surface area contributed by atoms with Crippen LogP contribution in [-0.4, -0.2) is 36.1 Å². The van der Waals surface area contributed by atoms with Gasteiger partial charge in [0.05, 0.1) is 12.0 Å². The van der Waals surface area contributed by atoms with Gasteiger partial charge in [0.2, 0.25) is 0 Å². The molecule has 0 aliphatic heterocycles. The minimum Gasteiger partial charge on any atom is -0.480 e. The molecule has 0 aliphatic carbocycles. The first-order chi connectivity index (χ1) is 8.93. The van der Waals surface area contributed by atoms with E-state index in [2.05, 4.69) is 10.1 Å². The summed E-state index contributed by atoms with van der Waals surface area (Å²) in [6.07, 6.45) is -0.0602. The fourth-order valence-corrected chi connectivity index (χ4v) is 2.18. The minimum atomic E-state index is -1.18. The van der Waals surface area contributed by atoms with Gasteiger partial charge in [-0.15, -0.1) is 11.3 Å². The van der Waals surface area contributed by atoms with E-state index in [9.17, 15) is 14.4 Å². The van der Waals surface area contributed by atoms with Crippen LogP contribution >= 0.6 is 11.3 Å². The second kappa shape index (κ2) is 6.89. The van der Waals surface area contributed by atoms with Crippen LogP contribution in [0.2, 0.25) is 0 Å². The summed E-state index contributed by atoms with van der Waals surface area (Å²) in [5.74, 6) is -2.13. The maximum Gasteiger partial charge on any atom is 0.326 e. The van der Waals surface area contributed by atoms with E-state index in [1.165, 1.54) is 18.4 Å². The molecule has 7 heteroatoms. The van der Waals surface area contributed by atoms with E-state index in [0.29, 0.717) is 4.88 Å². The van der Waals surface area contributed by atoms with Crippen molar-refractivity contribution >= 4 is 29.2 Å². The molecule has 0 spiro atoms. The van der Waals surface area contributed by atoms with Crippen LogP contribution < -0.4 is 5.32 Å². The maximum absolute atomic E-state index is 11.8. The van der Waals surface area contributed by atoms with Crippen molar-refractivity contribution < 1.29 is 24.2 Å². The average molecular weight is 285 g/mol. The summed E-state index contributed by atoms with van der Waals surface area (Å²) < 4.78 is 4.43. The number of hydrogen-bond acceptors (Lipinski definition) is 5. The van der Waals surface area contributed by atoms with Gasteiger partial charge in [-0.1, -0.05) is 0 Å². The number of carboxylic acids is 1. The van der Waals surface area contributed by atoms with Gasteiger partial charge in [-0.3, -0.25) is 9.59 Å². The number of carbonyl (C=O) groups is 3. The number of amides is 1. The van der Waals surface area contributed by atoms with Crippen molar-refractivity contribution in [2.75, 3.05) is 7.11 Å². The topological polar surface area (TPSA) is 92.7 Å². The van der Waals surface area contributed by atoms with Crippen molar-refractivity contribution in [2.24, 2.45) is 0 Å². The summed E-state index contributed by atoms with van der Waals surface area (Å²) >= 11 is 1.28. The highest BCUT2D eigenvalue weighted by Crippen LogP contribution is 2.15. The lowest BCUT2D eigenvalue weighted by Crippen LogP contribution is -2.40. The van der Waals surface area contributed by atoms with Crippen LogP contribution in [0.4, 0.5) is 0 Å². The smallest absolute Gasteiger partial charge is 0.326 e. The molecule has 2 N–H and O–H groups in total. The number of ether oxygens (including phenoxy) is 1. The first-order valence-electron chi connectivity index (χ1n) is 5.61. The van der Waals surface area contributed by atoms with Crippen LogP contribution in [0.25, 0.3) is 0 Å². The van der Waals surface area contributed by atoms with Gasteiger partial charge in [-0.2, -0.15) is 0 Å². The molecule has 1 aromatic heterocycles. The molecule has 1 heterocycles. The highest BCUT2D eigenvalue weighted by Gasteiger charge is 2.22. The third kappa shape index (κ3) is 4.70. The Hall–Kier alpha value is -1.89. The Morgan fingerprint density at radius 3 is 2.58 bits per heavy atom. The van der Waals surface area contributed by atoms with Crippen molar-refractivity contribution in [1.29, 1.82) is 0 Å². The number of esters is 1. The lowest BCUT2D eigenvalue weighted by Gasteiger charge is -2.13. The molecular formula is C12H15NO5S. The molecule has 0 radical (unpaired) electrons. The number of aryl methyl sites for hydroxylation is 1. The van der Waals surface area contributed by atoms with Crippen molar-refractivity contribution in [3.63, 3.8) is 0 Å². The first kappa shape index (κ1) is 15.2. The SMILES string of the molecule is COC(=O)CC[C@H](NC(=O)c1ccc(C)s1)C(=O)O. The van der Waals surface area contributed by atoms with Crippen LogP contribution in [0.1, 0.15) is 27.4 Å². The fraction of sp³-hybridized carbons (Fsp3) is 0.417. The Morgan fingerprint density at radius 1 is 1.42 bits per heavy atom. The molecule has 1 aromatic rings. The lowest BCUT2D eigenvalue weighted by molar-refractivity contribution is -0.142. The van der Waals surface area contributed by atoms with Gasteiger partial charge >= 0.3 is 11.9 Å². The Bertz CT molecular complexity index is 482. The third-order valence-electron chi connectivity index (χ3n) is 2.43. The molecule has 6 nitrogen and oxygen atoms in total. The van der Waals surface area contributed by atoms with E-state index >= 15 is 0 Å². The number of rotatable bonds is 6. The van der Waals surface area contributed by atoms with Crippen LogP contribution in [0, 0.1) is 6.92 Å². The molecule has 0 aliphatic rings. The largest absolute Gasteiger partial charge is 0.480 e. The highest BCUT2D eigenvalue weighted by molar-refractivity contribution is 7.13. The molecule has 1 amide bonds. The highest BCUT2D eigenvalue weighted by atomic mass is 32.1. The maximum atomic E-state index is 11.8. The number of carboxylic acid groups (broad SMARTS) is 1. The van der Waals surface area contributed by atoms with Gasteiger partial charge < -0.3 is 15.2 Å². The monoisotopic (exact) mass is 285 g/mol. The molecule has 0 fully saturated rings. The molecule has 0 aromatic carbocycles.